The summed E-state index contributed by atoms with van der Waals surface area (Å²) in [4.78, 5) is 0. The van der Waals surface area contributed by atoms with Gasteiger partial charge in [-0.2, -0.15) is 0 Å². The molecule has 2 nitrogen and oxygen atoms in total. The third-order valence-electron chi connectivity index (χ3n) is 2.42. The molecular weight excluding hydrogens is 176 g/mol. The van der Waals surface area contributed by atoms with Crippen LogP contribution in [0.5, 0.6) is 0 Å². The molecule has 1 aromatic rings. The molecule has 0 saturated heterocycles. The molecule has 2 heteroatoms. The van der Waals surface area contributed by atoms with E-state index < -0.39 is 0 Å². The van der Waals surface area contributed by atoms with Crippen LogP contribution in [0.3, 0.4) is 0 Å². The topological polar surface area (TPSA) is 29.5 Å². The molecular formula is C12H14O2. The molecule has 0 saturated carbocycles. The number of rotatable bonds is 2. The molecule has 0 aromatic heterocycles. The summed E-state index contributed by atoms with van der Waals surface area (Å²) < 4.78 is 5.59. The summed E-state index contributed by atoms with van der Waals surface area (Å²) in [5.74, 6) is 0.874. The van der Waals surface area contributed by atoms with Gasteiger partial charge in [-0.25, -0.2) is 0 Å². The smallest absolute Gasteiger partial charge is 0.127 e. The first kappa shape index (κ1) is 9.28. The fourth-order valence-electron chi connectivity index (χ4n) is 1.70. The second-order valence-corrected chi connectivity index (χ2v) is 3.41. The zero-order valence-corrected chi connectivity index (χ0v) is 8.07. The van der Waals surface area contributed by atoms with Gasteiger partial charge in [-0.1, -0.05) is 30.3 Å². The molecule has 0 aliphatic carbocycles. The first-order valence-corrected chi connectivity index (χ1v) is 4.93. The number of benzene rings is 1. The van der Waals surface area contributed by atoms with Crippen molar-refractivity contribution in [2.45, 2.75) is 12.8 Å². The Hall–Kier alpha value is -1.28. The minimum absolute atomic E-state index is 0.101. The van der Waals surface area contributed by atoms with Gasteiger partial charge in [0.25, 0.3) is 0 Å². The lowest BCUT2D eigenvalue weighted by atomic mass is 10.0. The molecule has 0 fully saturated rings. The highest BCUT2D eigenvalue weighted by Gasteiger charge is 2.14. The lowest BCUT2D eigenvalue weighted by molar-refractivity contribution is 0.236. The Morgan fingerprint density at radius 1 is 1.21 bits per heavy atom. The molecule has 0 unspecified atom stereocenters. The largest absolute Gasteiger partial charge is 0.493 e. The maximum atomic E-state index is 9.18. The summed E-state index contributed by atoms with van der Waals surface area (Å²) in [7, 11) is 0. The summed E-state index contributed by atoms with van der Waals surface area (Å²) >= 11 is 0. The van der Waals surface area contributed by atoms with Gasteiger partial charge >= 0.3 is 0 Å². The Morgan fingerprint density at radius 2 is 2.00 bits per heavy atom. The molecule has 1 aliphatic rings. The zero-order chi connectivity index (χ0) is 9.80. The highest BCUT2D eigenvalue weighted by Crippen LogP contribution is 2.26. The number of aliphatic hydroxyl groups excluding tert-OH is 1. The van der Waals surface area contributed by atoms with Crippen LogP contribution in [0.15, 0.2) is 35.9 Å². The van der Waals surface area contributed by atoms with Gasteiger partial charge in [0.2, 0.25) is 0 Å². The van der Waals surface area contributed by atoms with Crippen molar-refractivity contribution in [3.05, 3.63) is 41.5 Å². The quantitative estimate of drug-likeness (QED) is 0.774. The van der Waals surface area contributed by atoms with Crippen LogP contribution in [0.2, 0.25) is 0 Å². The summed E-state index contributed by atoms with van der Waals surface area (Å²) in [6.45, 7) is 0.859. The van der Waals surface area contributed by atoms with Crippen molar-refractivity contribution < 1.29 is 9.84 Å². The van der Waals surface area contributed by atoms with Gasteiger partial charge in [0.1, 0.15) is 5.76 Å². The molecule has 0 spiro atoms. The summed E-state index contributed by atoms with van der Waals surface area (Å²) in [6, 6.07) is 9.96. The SMILES string of the molecule is OCC1=C(c2ccccc2)OCCC1. The second kappa shape index (κ2) is 4.29. The van der Waals surface area contributed by atoms with Gasteiger partial charge in [0, 0.05) is 5.56 Å². The molecule has 1 aromatic carbocycles. The van der Waals surface area contributed by atoms with Crippen LogP contribution in [-0.4, -0.2) is 18.3 Å². The van der Waals surface area contributed by atoms with Crippen LogP contribution in [0.25, 0.3) is 5.76 Å². The van der Waals surface area contributed by atoms with E-state index in [9.17, 15) is 5.11 Å². The molecule has 1 aliphatic heterocycles. The van der Waals surface area contributed by atoms with Crippen molar-refractivity contribution in [2.75, 3.05) is 13.2 Å². The van der Waals surface area contributed by atoms with E-state index in [4.69, 9.17) is 4.74 Å². The van der Waals surface area contributed by atoms with Crippen molar-refractivity contribution in [1.82, 2.24) is 0 Å². The molecule has 2 rings (SSSR count). The normalized spacial score (nSPS) is 16.6. The fraction of sp³-hybridized carbons (Fsp3) is 0.333. The van der Waals surface area contributed by atoms with Crippen LogP contribution < -0.4 is 0 Å². The van der Waals surface area contributed by atoms with Crippen LogP contribution in [-0.2, 0) is 4.74 Å². The van der Waals surface area contributed by atoms with Crippen molar-refractivity contribution >= 4 is 5.76 Å². The van der Waals surface area contributed by atoms with Crippen LogP contribution in [0.4, 0.5) is 0 Å². The van der Waals surface area contributed by atoms with Gasteiger partial charge in [-0.05, 0) is 18.4 Å². The highest BCUT2D eigenvalue weighted by molar-refractivity contribution is 5.63. The number of hydrogen-bond donors (Lipinski definition) is 1. The van der Waals surface area contributed by atoms with Crippen LogP contribution >= 0.6 is 0 Å². The van der Waals surface area contributed by atoms with E-state index >= 15 is 0 Å². The van der Waals surface area contributed by atoms with Gasteiger partial charge in [0.05, 0.1) is 13.2 Å². The predicted molar refractivity (Wildman–Crippen MR) is 55.6 cm³/mol. The number of aliphatic hydroxyl groups is 1. The Bertz CT molecular complexity index is 327. The molecule has 74 valence electrons. The fourth-order valence-corrected chi connectivity index (χ4v) is 1.70. The Labute approximate surface area is 83.8 Å². The van der Waals surface area contributed by atoms with E-state index in [1.54, 1.807) is 0 Å². The van der Waals surface area contributed by atoms with Crippen LogP contribution in [0.1, 0.15) is 18.4 Å². The van der Waals surface area contributed by atoms with E-state index in [0.717, 1.165) is 36.3 Å². The molecule has 0 radical (unpaired) electrons. The minimum Gasteiger partial charge on any atom is -0.493 e. The zero-order valence-electron chi connectivity index (χ0n) is 8.07. The number of ether oxygens (including phenoxy) is 1. The molecule has 0 atom stereocenters. The monoisotopic (exact) mass is 190 g/mol. The third kappa shape index (κ3) is 1.80. The lowest BCUT2D eigenvalue weighted by Gasteiger charge is -2.20. The van der Waals surface area contributed by atoms with E-state index in [1.807, 2.05) is 30.3 Å². The average molecular weight is 190 g/mol. The van der Waals surface area contributed by atoms with Crippen molar-refractivity contribution in [3.8, 4) is 0 Å². The average Bonchev–Trinajstić information content (AvgIpc) is 2.30. The molecule has 0 bridgehead atoms. The maximum Gasteiger partial charge on any atom is 0.127 e. The van der Waals surface area contributed by atoms with E-state index in [0.29, 0.717) is 0 Å². The van der Waals surface area contributed by atoms with Crippen LogP contribution in [0, 0.1) is 0 Å². The summed E-state index contributed by atoms with van der Waals surface area (Å²) in [5.41, 5.74) is 2.08. The summed E-state index contributed by atoms with van der Waals surface area (Å²) in [5, 5.41) is 9.18. The Kier molecular flexibility index (Phi) is 2.84. The minimum atomic E-state index is 0.101. The van der Waals surface area contributed by atoms with Gasteiger partial charge in [-0.3, -0.25) is 0 Å². The van der Waals surface area contributed by atoms with E-state index in [-0.39, 0.29) is 6.61 Å². The molecule has 1 N–H and O–H groups in total. The first-order valence-electron chi connectivity index (χ1n) is 4.93. The van der Waals surface area contributed by atoms with Crippen molar-refractivity contribution in [1.29, 1.82) is 0 Å². The van der Waals surface area contributed by atoms with Gasteiger partial charge < -0.3 is 9.84 Å². The Balaban J connectivity index is 2.35. The predicted octanol–water partition coefficient (Wildman–Crippen LogP) is 2.20. The molecule has 14 heavy (non-hydrogen) atoms. The number of hydrogen-bond acceptors (Lipinski definition) is 2. The van der Waals surface area contributed by atoms with Gasteiger partial charge in [-0.15, -0.1) is 0 Å². The molecule has 0 amide bonds. The highest BCUT2D eigenvalue weighted by atomic mass is 16.5. The van der Waals surface area contributed by atoms with E-state index in [1.165, 1.54) is 0 Å². The van der Waals surface area contributed by atoms with Crippen molar-refractivity contribution in [3.63, 3.8) is 0 Å². The Morgan fingerprint density at radius 3 is 2.71 bits per heavy atom. The molecule has 1 heterocycles. The standard InChI is InChI=1S/C12H14O2/c13-9-11-7-4-8-14-12(11)10-5-2-1-3-6-10/h1-3,5-6,13H,4,7-9H2. The van der Waals surface area contributed by atoms with E-state index in [2.05, 4.69) is 0 Å². The maximum absolute atomic E-state index is 9.18. The third-order valence-corrected chi connectivity index (χ3v) is 2.42. The first-order chi connectivity index (χ1) is 6.92. The van der Waals surface area contributed by atoms with Gasteiger partial charge in [0.15, 0.2) is 0 Å². The van der Waals surface area contributed by atoms with Crippen molar-refractivity contribution in [2.24, 2.45) is 0 Å². The lowest BCUT2D eigenvalue weighted by Crippen LogP contribution is -2.08. The second-order valence-electron chi connectivity index (χ2n) is 3.41. The summed E-state index contributed by atoms with van der Waals surface area (Å²) in [6.07, 6.45) is 1.95.